The minimum absolute atomic E-state index is 0. The third kappa shape index (κ3) is 5.75. The molecule has 0 spiro atoms. The van der Waals surface area contributed by atoms with E-state index in [0.29, 0.717) is 0 Å². The molecule has 0 fully saturated rings. The van der Waals surface area contributed by atoms with E-state index in [1.54, 1.807) is 0 Å². The second-order valence-corrected chi connectivity index (χ2v) is 7.60. The average Bonchev–Trinajstić information content (AvgIpc) is 2.95. The van der Waals surface area contributed by atoms with Crippen LogP contribution in [0.1, 0.15) is 51.7 Å². The smallest absolute Gasteiger partial charge is 1.00 e. The molecule has 0 atom stereocenters. The summed E-state index contributed by atoms with van der Waals surface area (Å²) in [7, 11) is 0. The van der Waals surface area contributed by atoms with Crippen molar-refractivity contribution in [3.8, 4) is 11.1 Å². The second-order valence-electron chi connectivity index (χ2n) is 7.60. The van der Waals surface area contributed by atoms with Crippen molar-refractivity contribution in [2.45, 2.75) is 52.4 Å². The Morgan fingerprint density at radius 2 is 1.58 bits per heavy atom. The molecule has 0 saturated carbocycles. The van der Waals surface area contributed by atoms with Crippen molar-refractivity contribution < 1.29 is 51.0 Å². The Morgan fingerprint density at radius 1 is 0.923 bits per heavy atom. The maximum Gasteiger partial charge on any atom is 3.00 e. The molecule has 3 heteroatoms. The fourth-order valence-corrected chi connectivity index (χ4v) is 3.22. The van der Waals surface area contributed by atoms with E-state index >= 15 is 0 Å². The standard InChI is InChI=1S/C23H27.2ClH.Zr/c1-5-6-8-17-15-19-9-7-10-21(22(19)16-17)18-11-13-20(14-12-18)23(2,3)4;;;/h7,9-16H,5-6,8H2,1-4H3;2*1H;/q-1;;;+3/p-2. The number of aryl methyl sites for hydroxylation is 1. The predicted molar refractivity (Wildman–Crippen MR) is 102 cm³/mol. The van der Waals surface area contributed by atoms with Gasteiger partial charge in [-0.15, -0.1) is 34.5 Å². The Hall–Kier alpha value is -0.487. The SMILES string of the molecule is CCCCc1cc2c(-c3ccc(C(C)(C)C)cc3)cccc2[cH-]1.[Cl-].[Cl-].[Zr+3]. The Kier molecular flexibility index (Phi) is 10.5. The van der Waals surface area contributed by atoms with Crippen LogP contribution in [0.3, 0.4) is 0 Å². The average molecular weight is 466 g/mol. The minimum atomic E-state index is 0. The third-order valence-corrected chi connectivity index (χ3v) is 4.69. The summed E-state index contributed by atoms with van der Waals surface area (Å²) in [6.45, 7) is 9.05. The van der Waals surface area contributed by atoms with Gasteiger partial charge in [-0.25, -0.2) is 0 Å². The van der Waals surface area contributed by atoms with E-state index in [-0.39, 0.29) is 56.4 Å². The fraction of sp³-hybridized carbons (Fsp3) is 0.348. The zero-order chi connectivity index (χ0) is 16.4. The van der Waals surface area contributed by atoms with E-state index in [2.05, 4.69) is 82.3 Å². The van der Waals surface area contributed by atoms with Gasteiger partial charge in [-0.05, 0) is 23.0 Å². The molecule has 3 aromatic rings. The molecule has 0 N–H and O–H groups in total. The topological polar surface area (TPSA) is 0 Å². The molecule has 3 rings (SSSR count). The van der Waals surface area contributed by atoms with Crippen LogP contribution in [0.15, 0.2) is 54.6 Å². The van der Waals surface area contributed by atoms with Crippen molar-refractivity contribution in [3.63, 3.8) is 0 Å². The van der Waals surface area contributed by atoms with Crippen molar-refractivity contribution in [2.75, 3.05) is 0 Å². The molecular formula is C23H27Cl2Zr. The molecule has 0 unspecified atom stereocenters. The fourth-order valence-electron chi connectivity index (χ4n) is 3.22. The van der Waals surface area contributed by atoms with Gasteiger partial charge in [0.15, 0.2) is 0 Å². The number of halogens is 2. The van der Waals surface area contributed by atoms with Crippen molar-refractivity contribution in [3.05, 3.63) is 65.7 Å². The van der Waals surface area contributed by atoms with E-state index in [4.69, 9.17) is 0 Å². The molecule has 26 heavy (non-hydrogen) atoms. The molecule has 0 aliphatic heterocycles. The van der Waals surface area contributed by atoms with Crippen LogP contribution in [0.2, 0.25) is 0 Å². The predicted octanol–water partition coefficient (Wildman–Crippen LogP) is 0.871. The first-order valence-corrected chi connectivity index (χ1v) is 8.78. The molecule has 0 saturated heterocycles. The molecule has 0 amide bonds. The van der Waals surface area contributed by atoms with Gasteiger partial charge in [-0.1, -0.05) is 76.4 Å². The van der Waals surface area contributed by atoms with Crippen molar-refractivity contribution in [1.82, 2.24) is 0 Å². The maximum absolute atomic E-state index is 2.39. The molecule has 0 aliphatic carbocycles. The first kappa shape index (κ1) is 25.5. The van der Waals surface area contributed by atoms with Crippen molar-refractivity contribution in [2.24, 2.45) is 0 Å². The van der Waals surface area contributed by atoms with Gasteiger partial charge in [-0.2, -0.15) is 6.07 Å². The number of fused-ring (bicyclic) bond motifs is 1. The summed E-state index contributed by atoms with van der Waals surface area (Å²) in [4.78, 5) is 0. The van der Waals surface area contributed by atoms with Crippen LogP contribution in [-0.2, 0) is 38.0 Å². The molecule has 0 nitrogen and oxygen atoms in total. The van der Waals surface area contributed by atoms with E-state index in [1.165, 1.54) is 52.3 Å². The summed E-state index contributed by atoms with van der Waals surface area (Å²) in [6, 6.07) is 20.5. The Labute approximate surface area is 190 Å². The molecule has 3 aromatic carbocycles. The number of hydrogen-bond acceptors (Lipinski definition) is 0. The molecule has 0 aliphatic rings. The van der Waals surface area contributed by atoms with Gasteiger partial charge >= 0.3 is 26.2 Å². The molecule has 0 bridgehead atoms. The number of benzene rings is 2. The van der Waals surface area contributed by atoms with Crippen LogP contribution in [-0.4, -0.2) is 0 Å². The quantitative estimate of drug-likeness (QED) is 0.502. The van der Waals surface area contributed by atoms with Gasteiger partial charge < -0.3 is 24.8 Å². The van der Waals surface area contributed by atoms with E-state index in [1.807, 2.05) is 0 Å². The van der Waals surface area contributed by atoms with Crippen molar-refractivity contribution in [1.29, 1.82) is 0 Å². The van der Waals surface area contributed by atoms with Gasteiger partial charge in [0.25, 0.3) is 0 Å². The molecule has 0 aromatic heterocycles. The second kappa shape index (κ2) is 10.7. The third-order valence-electron chi connectivity index (χ3n) is 4.69. The Bertz CT molecular complexity index is 795. The van der Waals surface area contributed by atoms with Gasteiger partial charge in [0.1, 0.15) is 0 Å². The van der Waals surface area contributed by atoms with Gasteiger partial charge in [0.2, 0.25) is 0 Å². The minimum Gasteiger partial charge on any atom is -1.00 e. The maximum atomic E-state index is 2.39. The monoisotopic (exact) mass is 463 g/mol. The summed E-state index contributed by atoms with van der Waals surface area (Å²) in [5.74, 6) is 0. The number of hydrogen-bond donors (Lipinski definition) is 0. The zero-order valence-electron chi connectivity index (χ0n) is 16.1. The van der Waals surface area contributed by atoms with Crippen LogP contribution in [0.4, 0.5) is 0 Å². The number of unbranched alkanes of at least 4 members (excludes halogenated alkanes) is 1. The van der Waals surface area contributed by atoms with Crippen LogP contribution in [0.5, 0.6) is 0 Å². The Morgan fingerprint density at radius 3 is 2.15 bits per heavy atom. The largest absolute Gasteiger partial charge is 3.00 e. The molecule has 137 valence electrons. The molecule has 0 heterocycles. The van der Waals surface area contributed by atoms with Gasteiger partial charge in [0.05, 0.1) is 0 Å². The van der Waals surface area contributed by atoms with Gasteiger partial charge in [-0.3, -0.25) is 0 Å². The number of rotatable bonds is 4. The summed E-state index contributed by atoms with van der Waals surface area (Å²) in [5, 5.41) is 2.76. The first-order valence-electron chi connectivity index (χ1n) is 8.78. The van der Waals surface area contributed by atoms with Crippen LogP contribution < -0.4 is 24.8 Å². The summed E-state index contributed by atoms with van der Waals surface area (Å²) >= 11 is 0. The van der Waals surface area contributed by atoms with E-state index in [9.17, 15) is 0 Å². The van der Waals surface area contributed by atoms with E-state index in [0.717, 1.165) is 0 Å². The summed E-state index contributed by atoms with van der Waals surface area (Å²) < 4.78 is 0. The summed E-state index contributed by atoms with van der Waals surface area (Å²) in [5.41, 5.74) is 5.74. The normalized spacial score (nSPS) is 10.6. The zero-order valence-corrected chi connectivity index (χ0v) is 20.0. The van der Waals surface area contributed by atoms with Crippen LogP contribution >= 0.6 is 0 Å². The molecular weight excluding hydrogens is 438 g/mol. The first-order chi connectivity index (χ1) is 11.0. The summed E-state index contributed by atoms with van der Waals surface area (Å²) in [6.07, 6.45) is 3.71. The van der Waals surface area contributed by atoms with Gasteiger partial charge in [0, 0.05) is 0 Å². The Balaban J connectivity index is 0.00000208. The van der Waals surface area contributed by atoms with E-state index < -0.39 is 0 Å². The van der Waals surface area contributed by atoms with Crippen LogP contribution in [0.25, 0.3) is 21.9 Å². The molecule has 1 radical (unpaired) electrons. The van der Waals surface area contributed by atoms with Crippen LogP contribution in [0, 0.1) is 0 Å². The van der Waals surface area contributed by atoms with Crippen molar-refractivity contribution >= 4 is 10.8 Å².